The van der Waals surface area contributed by atoms with Crippen molar-refractivity contribution in [1.29, 1.82) is 0 Å². The van der Waals surface area contributed by atoms with Crippen LogP contribution in [0, 0.1) is 4.64 Å². The first-order chi connectivity index (χ1) is 11.1. The summed E-state index contributed by atoms with van der Waals surface area (Å²) in [6.45, 7) is 2.32. The van der Waals surface area contributed by atoms with E-state index in [4.69, 9.17) is 12.2 Å². The van der Waals surface area contributed by atoms with Crippen LogP contribution in [0.2, 0.25) is 0 Å². The molecule has 6 heteroatoms. The minimum absolute atomic E-state index is 0.00995. The van der Waals surface area contributed by atoms with E-state index in [1.807, 2.05) is 31.2 Å². The number of anilines is 1. The normalized spacial score (nSPS) is 10.1. The summed E-state index contributed by atoms with van der Waals surface area (Å²) >= 11 is 5.09. The number of pyridine rings is 1. The molecule has 1 aromatic heterocycles. The number of carbonyl (C=O) groups is 2. The maximum atomic E-state index is 12.1. The number of aromatic amines is 1. The Hall–Kier alpha value is -2.47. The molecular formula is C17H19N3O2S. The van der Waals surface area contributed by atoms with Crippen molar-refractivity contribution in [3.63, 3.8) is 0 Å². The van der Waals surface area contributed by atoms with Crippen LogP contribution in [-0.2, 0) is 11.3 Å². The Balaban J connectivity index is 1.98. The molecule has 0 saturated carbocycles. The minimum atomic E-state index is -0.229. The van der Waals surface area contributed by atoms with Crippen molar-refractivity contribution in [1.82, 2.24) is 10.3 Å². The quantitative estimate of drug-likeness (QED) is 0.711. The molecule has 0 atom stereocenters. The van der Waals surface area contributed by atoms with E-state index in [0.717, 1.165) is 17.7 Å². The van der Waals surface area contributed by atoms with Gasteiger partial charge in [0.15, 0.2) is 0 Å². The summed E-state index contributed by atoms with van der Waals surface area (Å²) in [4.78, 5) is 26.6. The van der Waals surface area contributed by atoms with Gasteiger partial charge in [-0.05, 0) is 36.2 Å². The molecule has 0 spiro atoms. The average Bonchev–Trinajstić information content (AvgIpc) is 2.53. The lowest BCUT2D eigenvalue weighted by Gasteiger charge is -2.08. The highest BCUT2D eigenvalue weighted by Crippen LogP contribution is 2.11. The highest BCUT2D eigenvalue weighted by molar-refractivity contribution is 7.71. The third-order valence-corrected chi connectivity index (χ3v) is 3.54. The topological polar surface area (TPSA) is 74.0 Å². The first-order valence-corrected chi connectivity index (χ1v) is 7.85. The van der Waals surface area contributed by atoms with Gasteiger partial charge in [-0.2, -0.15) is 0 Å². The van der Waals surface area contributed by atoms with E-state index < -0.39 is 0 Å². The molecule has 0 unspecified atom stereocenters. The number of nitrogens with one attached hydrogen (secondary N) is 3. The van der Waals surface area contributed by atoms with Gasteiger partial charge < -0.3 is 15.6 Å². The van der Waals surface area contributed by atoms with Crippen LogP contribution in [0.25, 0.3) is 0 Å². The number of rotatable bonds is 6. The van der Waals surface area contributed by atoms with Gasteiger partial charge in [-0.1, -0.05) is 31.3 Å². The van der Waals surface area contributed by atoms with Crippen molar-refractivity contribution in [3.05, 3.63) is 58.4 Å². The number of benzene rings is 1. The fraction of sp³-hybridized carbons (Fsp3) is 0.235. The maximum absolute atomic E-state index is 12.1. The second-order valence-corrected chi connectivity index (χ2v) is 5.50. The summed E-state index contributed by atoms with van der Waals surface area (Å²) in [7, 11) is 0. The van der Waals surface area contributed by atoms with E-state index >= 15 is 0 Å². The van der Waals surface area contributed by atoms with Crippen molar-refractivity contribution >= 4 is 29.7 Å². The van der Waals surface area contributed by atoms with E-state index in [1.165, 1.54) is 0 Å². The Kier molecular flexibility index (Phi) is 6.05. The Bertz CT molecular complexity index is 755. The lowest BCUT2D eigenvalue weighted by molar-refractivity contribution is -0.116. The molecule has 0 bridgehead atoms. The highest BCUT2D eigenvalue weighted by atomic mass is 32.1. The van der Waals surface area contributed by atoms with Gasteiger partial charge in [0.05, 0.1) is 5.56 Å². The zero-order chi connectivity index (χ0) is 16.7. The lowest BCUT2D eigenvalue weighted by Crippen LogP contribution is -2.23. The van der Waals surface area contributed by atoms with E-state index in [0.29, 0.717) is 23.2 Å². The van der Waals surface area contributed by atoms with Crippen molar-refractivity contribution in [3.8, 4) is 0 Å². The van der Waals surface area contributed by atoms with Crippen LogP contribution in [0.5, 0.6) is 0 Å². The monoisotopic (exact) mass is 329 g/mol. The molecule has 2 rings (SSSR count). The largest absolute Gasteiger partial charge is 0.352 e. The molecule has 0 fully saturated rings. The van der Waals surface area contributed by atoms with Crippen LogP contribution in [0.3, 0.4) is 0 Å². The van der Waals surface area contributed by atoms with E-state index in [-0.39, 0.29) is 11.8 Å². The molecule has 0 radical (unpaired) electrons. The highest BCUT2D eigenvalue weighted by Gasteiger charge is 2.07. The molecule has 1 heterocycles. The van der Waals surface area contributed by atoms with Crippen LogP contribution in [-0.4, -0.2) is 16.8 Å². The van der Waals surface area contributed by atoms with Gasteiger partial charge in [-0.3, -0.25) is 9.59 Å². The summed E-state index contributed by atoms with van der Waals surface area (Å²) in [5.74, 6) is -0.239. The molecule has 0 aliphatic heterocycles. The standard InChI is InChI=1S/C17H19N3O2S/c1-2-5-15(21)20-13-7-3-6-12(10-13)11-19-16(22)14-8-4-9-18-17(14)23/h3-4,6-10H,2,5,11H2,1H3,(H,18,23)(H,19,22)(H,20,21). The number of H-pyrrole nitrogens is 1. The Morgan fingerprint density at radius 1 is 1.22 bits per heavy atom. The third kappa shape index (κ3) is 5.03. The van der Waals surface area contributed by atoms with Gasteiger partial charge in [0.25, 0.3) is 5.91 Å². The molecule has 0 aliphatic carbocycles. The molecule has 2 aromatic rings. The van der Waals surface area contributed by atoms with Gasteiger partial charge in [-0.15, -0.1) is 0 Å². The number of carbonyl (C=O) groups excluding carboxylic acids is 2. The Labute approximate surface area is 140 Å². The number of amides is 2. The van der Waals surface area contributed by atoms with Crippen molar-refractivity contribution in [2.24, 2.45) is 0 Å². The van der Waals surface area contributed by atoms with Gasteiger partial charge in [-0.25, -0.2) is 0 Å². The van der Waals surface area contributed by atoms with Gasteiger partial charge in [0.1, 0.15) is 4.64 Å². The molecule has 0 aliphatic rings. The van der Waals surface area contributed by atoms with Crippen molar-refractivity contribution in [2.45, 2.75) is 26.3 Å². The zero-order valence-electron chi connectivity index (χ0n) is 12.9. The first kappa shape index (κ1) is 16.9. The van der Waals surface area contributed by atoms with Gasteiger partial charge >= 0.3 is 0 Å². The lowest BCUT2D eigenvalue weighted by atomic mass is 10.2. The fourth-order valence-electron chi connectivity index (χ4n) is 2.09. The summed E-state index contributed by atoms with van der Waals surface area (Å²) < 4.78 is 0.408. The van der Waals surface area contributed by atoms with E-state index in [1.54, 1.807) is 18.3 Å². The predicted octanol–water partition coefficient (Wildman–Crippen LogP) is 3.41. The predicted molar refractivity (Wildman–Crippen MR) is 92.8 cm³/mol. The van der Waals surface area contributed by atoms with Crippen LogP contribution < -0.4 is 10.6 Å². The summed E-state index contributed by atoms with van der Waals surface area (Å²) in [5, 5.41) is 5.66. The van der Waals surface area contributed by atoms with Crippen LogP contribution in [0.1, 0.15) is 35.7 Å². The molecule has 2 amide bonds. The van der Waals surface area contributed by atoms with Crippen LogP contribution in [0.4, 0.5) is 5.69 Å². The number of aromatic nitrogens is 1. The van der Waals surface area contributed by atoms with Gasteiger partial charge in [0.2, 0.25) is 5.91 Å². The fourth-order valence-corrected chi connectivity index (χ4v) is 2.32. The number of hydrogen-bond donors (Lipinski definition) is 3. The summed E-state index contributed by atoms with van der Waals surface area (Å²) in [5.41, 5.74) is 2.07. The smallest absolute Gasteiger partial charge is 0.254 e. The molecule has 120 valence electrons. The maximum Gasteiger partial charge on any atom is 0.254 e. The molecule has 1 aromatic carbocycles. The SMILES string of the molecule is CCCC(=O)Nc1cccc(CNC(=O)c2ccc[nH]c2=S)c1. The average molecular weight is 329 g/mol. The third-order valence-electron chi connectivity index (χ3n) is 3.20. The second-order valence-electron chi connectivity index (χ2n) is 5.09. The van der Waals surface area contributed by atoms with Crippen LogP contribution in [0.15, 0.2) is 42.6 Å². The first-order valence-electron chi connectivity index (χ1n) is 7.45. The van der Waals surface area contributed by atoms with Gasteiger partial charge in [0, 0.05) is 24.8 Å². The molecule has 23 heavy (non-hydrogen) atoms. The Morgan fingerprint density at radius 2 is 2.04 bits per heavy atom. The van der Waals surface area contributed by atoms with E-state index in [2.05, 4.69) is 15.6 Å². The summed E-state index contributed by atoms with van der Waals surface area (Å²) in [6, 6.07) is 10.8. The van der Waals surface area contributed by atoms with E-state index in [9.17, 15) is 9.59 Å². The van der Waals surface area contributed by atoms with Crippen molar-refractivity contribution < 1.29 is 9.59 Å². The van der Waals surface area contributed by atoms with Crippen LogP contribution >= 0.6 is 12.2 Å². The molecular weight excluding hydrogens is 310 g/mol. The molecule has 0 saturated heterocycles. The molecule has 3 N–H and O–H groups in total. The second kappa shape index (κ2) is 8.24. The minimum Gasteiger partial charge on any atom is -0.352 e. The van der Waals surface area contributed by atoms with Crippen molar-refractivity contribution in [2.75, 3.05) is 5.32 Å². The number of hydrogen-bond acceptors (Lipinski definition) is 3. The molecule has 5 nitrogen and oxygen atoms in total. The zero-order valence-corrected chi connectivity index (χ0v) is 13.7. The Morgan fingerprint density at radius 3 is 2.78 bits per heavy atom. The summed E-state index contributed by atoms with van der Waals surface area (Å²) in [6.07, 6.45) is 2.98.